The number of aliphatic carboxylic acids is 1. The molecule has 1 saturated carbocycles. The molecular formula is C13H24N2O3S. The molecule has 5 nitrogen and oxygen atoms in total. The summed E-state index contributed by atoms with van der Waals surface area (Å²) in [5, 5.41) is 12.1. The first kappa shape index (κ1) is 16.3. The lowest BCUT2D eigenvalue weighted by Crippen LogP contribution is -2.59. The first-order valence-corrected chi connectivity index (χ1v) is 8.10. The highest BCUT2D eigenvalue weighted by molar-refractivity contribution is 7.98. The predicted molar refractivity (Wildman–Crippen MR) is 77.1 cm³/mol. The molecule has 0 aliphatic heterocycles. The Morgan fingerprint density at radius 1 is 1.47 bits per heavy atom. The number of hydrogen-bond donors (Lipinski definition) is 3. The van der Waals surface area contributed by atoms with Gasteiger partial charge < -0.3 is 16.2 Å². The number of carbonyl (C=O) groups is 2. The smallest absolute Gasteiger partial charge is 0.329 e. The van der Waals surface area contributed by atoms with Gasteiger partial charge in [0, 0.05) is 0 Å². The van der Waals surface area contributed by atoms with E-state index in [-0.39, 0.29) is 5.91 Å². The largest absolute Gasteiger partial charge is 0.480 e. The van der Waals surface area contributed by atoms with Gasteiger partial charge in [-0.15, -0.1) is 0 Å². The summed E-state index contributed by atoms with van der Waals surface area (Å²) >= 11 is 1.62. The molecule has 1 rings (SSSR count). The molecule has 0 aromatic carbocycles. The number of carboxylic acid groups (broad SMARTS) is 1. The molecule has 0 radical (unpaired) electrons. The molecule has 6 heteroatoms. The van der Waals surface area contributed by atoms with Crippen molar-refractivity contribution in [2.24, 2.45) is 11.7 Å². The van der Waals surface area contributed by atoms with Crippen LogP contribution in [-0.2, 0) is 9.59 Å². The molecule has 1 amide bonds. The van der Waals surface area contributed by atoms with Crippen LogP contribution in [0.15, 0.2) is 0 Å². The maximum Gasteiger partial charge on any atom is 0.329 e. The van der Waals surface area contributed by atoms with Crippen molar-refractivity contribution in [3.63, 3.8) is 0 Å². The quantitative estimate of drug-likeness (QED) is 0.683. The van der Waals surface area contributed by atoms with Crippen molar-refractivity contribution in [3.05, 3.63) is 0 Å². The van der Waals surface area contributed by atoms with Gasteiger partial charge in [0.05, 0.1) is 6.04 Å². The van der Waals surface area contributed by atoms with Crippen molar-refractivity contribution in [1.82, 2.24) is 5.32 Å². The highest BCUT2D eigenvalue weighted by Crippen LogP contribution is 2.32. The minimum atomic E-state index is -1.11. The third-order valence-corrected chi connectivity index (χ3v) is 4.51. The minimum absolute atomic E-state index is 0.342. The van der Waals surface area contributed by atoms with Crippen molar-refractivity contribution in [1.29, 1.82) is 0 Å². The standard InChI is InChI=1S/C13H24N2O3S/c1-9-3-6-13(7-4-9,12(17)18)15-11(16)10(14)5-8-19-2/h9-10H,3-8,14H2,1-2H3,(H,15,16)(H,17,18)/t9?,10-,13?/m1/s1. The lowest BCUT2D eigenvalue weighted by molar-refractivity contribution is -0.149. The van der Waals surface area contributed by atoms with E-state index in [0.717, 1.165) is 18.6 Å². The van der Waals surface area contributed by atoms with Gasteiger partial charge in [0.25, 0.3) is 0 Å². The van der Waals surface area contributed by atoms with Crippen LogP contribution in [0.4, 0.5) is 0 Å². The third kappa shape index (κ3) is 4.38. The van der Waals surface area contributed by atoms with Crippen LogP contribution < -0.4 is 11.1 Å². The molecule has 0 unspecified atom stereocenters. The maximum atomic E-state index is 12.0. The predicted octanol–water partition coefficient (Wildman–Crippen LogP) is 1.22. The highest BCUT2D eigenvalue weighted by atomic mass is 32.2. The second kappa shape index (κ2) is 7.14. The summed E-state index contributed by atoms with van der Waals surface area (Å²) in [5.41, 5.74) is 4.68. The van der Waals surface area contributed by atoms with E-state index < -0.39 is 17.6 Å². The third-order valence-electron chi connectivity index (χ3n) is 3.87. The zero-order valence-corrected chi connectivity index (χ0v) is 12.5. The van der Waals surface area contributed by atoms with E-state index in [4.69, 9.17) is 5.73 Å². The van der Waals surface area contributed by atoms with E-state index in [0.29, 0.717) is 25.2 Å². The van der Waals surface area contributed by atoms with Crippen LogP contribution in [0.2, 0.25) is 0 Å². The van der Waals surface area contributed by atoms with Gasteiger partial charge in [-0.1, -0.05) is 6.92 Å². The summed E-state index contributed by atoms with van der Waals surface area (Å²) in [5.74, 6) is 0.0384. The van der Waals surface area contributed by atoms with Gasteiger partial charge >= 0.3 is 5.97 Å². The van der Waals surface area contributed by atoms with Crippen LogP contribution >= 0.6 is 11.8 Å². The first-order chi connectivity index (χ1) is 8.91. The molecule has 1 aliphatic rings. The van der Waals surface area contributed by atoms with Gasteiger partial charge in [0.15, 0.2) is 0 Å². The second-order valence-electron chi connectivity index (χ2n) is 5.45. The van der Waals surface area contributed by atoms with E-state index >= 15 is 0 Å². The highest BCUT2D eigenvalue weighted by Gasteiger charge is 2.43. The van der Waals surface area contributed by atoms with Crippen molar-refractivity contribution < 1.29 is 14.7 Å². The fourth-order valence-corrected chi connectivity index (χ4v) is 2.84. The van der Waals surface area contributed by atoms with Gasteiger partial charge in [-0.25, -0.2) is 4.79 Å². The lowest BCUT2D eigenvalue weighted by Gasteiger charge is -2.37. The maximum absolute atomic E-state index is 12.0. The summed E-state index contributed by atoms with van der Waals surface area (Å²) in [6.07, 6.45) is 5.15. The molecule has 110 valence electrons. The Kier molecular flexibility index (Phi) is 6.13. The summed E-state index contributed by atoms with van der Waals surface area (Å²) in [4.78, 5) is 23.5. The fourth-order valence-electron chi connectivity index (χ4n) is 2.35. The Hall–Kier alpha value is -0.750. The van der Waals surface area contributed by atoms with Crippen LogP contribution in [0.25, 0.3) is 0 Å². The van der Waals surface area contributed by atoms with Gasteiger partial charge in [0.1, 0.15) is 5.54 Å². The van der Waals surface area contributed by atoms with Crippen LogP contribution in [0.1, 0.15) is 39.0 Å². The molecule has 0 aromatic rings. The average molecular weight is 288 g/mol. The van der Waals surface area contributed by atoms with Crippen LogP contribution in [-0.4, -0.2) is 40.6 Å². The zero-order valence-electron chi connectivity index (χ0n) is 11.6. The molecule has 4 N–H and O–H groups in total. The van der Waals surface area contributed by atoms with Gasteiger partial charge in [-0.3, -0.25) is 4.79 Å². The molecule has 0 spiro atoms. The van der Waals surface area contributed by atoms with Gasteiger partial charge in [-0.2, -0.15) is 11.8 Å². The number of rotatable bonds is 6. The van der Waals surface area contributed by atoms with E-state index in [1.54, 1.807) is 11.8 Å². The molecule has 1 aliphatic carbocycles. The molecule has 19 heavy (non-hydrogen) atoms. The summed E-state index contributed by atoms with van der Waals surface area (Å²) in [6.45, 7) is 2.11. The Bertz CT molecular complexity index is 328. The molecule has 0 saturated heterocycles. The molecule has 0 heterocycles. The molecule has 1 atom stereocenters. The molecule has 0 bridgehead atoms. The number of nitrogens with two attached hydrogens (primary N) is 1. The number of carbonyl (C=O) groups excluding carboxylic acids is 1. The van der Waals surface area contributed by atoms with E-state index in [2.05, 4.69) is 12.2 Å². The first-order valence-electron chi connectivity index (χ1n) is 6.71. The Labute approximate surface area is 118 Å². The van der Waals surface area contributed by atoms with E-state index in [1.165, 1.54) is 0 Å². The van der Waals surface area contributed by atoms with Crippen molar-refractivity contribution in [2.45, 2.75) is 50.6 Å². The molecule has 1 fully saturated rings. The van der Waals surface area contributed by atoms with Crippen molar-refractivity contribution >= 4 is 23.6 Å². The fraction of sp³-hybridized carbons (Fsp3) is 0.846. The Balaban J connectivity index is 2.63. The summed E-state index contributed by atoms with van der Waals surface area (Å²) < 4.78 is 0. The van der Waals surface area contributed by atoms with Crippen molar-refractivity contribution in [3.8, 4) is 0 Å². The van der Waals surface area contributed by atoms with Crippen LogP contribution in [0.3, 0.4) is 0 Å². The Morgan fingerprint density at radius 3 is 2.53 bits per heavy atom. The second-order valence-corrected chi connectivity index (χ2v) is 6.43. The molecular weight excluding hydrogens is 264 g/mol. The van der Waals surface area contributed by atoms with Crippen molar-refractivity contribution in [2.75, 3.05) is 12.0 Å². The number of amides is 1. The number of thioether (sulfide) groups is 1. The zero-order chi connectivity index (χ0) is 14.5. The van der Waals surface area contributed by atoms with E-state index in [1.807, 2.05) is 6.26 Å². The number of carboxylic acids is 1. The van der Waals surface area contributed by atoms with Crippen LogP contribution in [0, 0.1) is 5.92 Å². The summed E-state index contributed by atoms with van der Waals surface area (Å²) in [7, 11) is 0. The SMILES string of the molecule is CSCC[C@@H](N)C(=O)NC1(C(=O)O)CCC(C)CC1. The monoisotopic (exact) mass is 288 g/mol. The normalized spacial score (nSPS) is 28.7. The topological polar surface area (TPSA) is 92.4 Å². The number of nitrogens with one attached hydrogen (secondary N) is 1. The van der Waals surface area contributed by atoms with Crippen LogP contribution in [0.5, 0.6) is 0 Å². The number of hydrogen-bond acceptors (Lipinski definition) is 4. The summed E-state index contributed by atoms with van der Waals surface area (Å²) in [6, 6.07) is -0.622. The lowest BCUT2D eigenvalue weighted by atomic mass is 9.77. The van der Waals surface area contributed by atoms with E-state index in [9.17, 15) is 14.7 Å². The van der Waals surface area contributed by atoms with Gasteiger partial charge in [0.2, 0.25) is 5.91 Å². The minimum Gasteiger partial charge on any atom is -0.480 e. The van der Waals surface area contributed by atoms with Gasteiger partial charge in [-0.05, 0) is 50.0 Å². The Morgan fingerprint density at radius 2 is 2.05 bits per heavy atom. The average Bonchev–Trinajstić information content (AvgIpc) is 2.38. The molecule has 0 aromatic heterocycles.